The Morgan fingerprint density at radius 3 is 2.41 bits per heavy atom. The maximum absolute atomic E-state index is 12.4. The highest BCUT2D eigenvalue weighted by atomic mass is 79.9. The lowest BCUT2D eigenvalue weighted by Crippen LogP contribution is -2.33. The molecular formula is C23H30BrN5O4S. The Hall–Kier alpha value is -3.10. The van der Waals surface area contributed by atoms with Crippen LogP contribution in [-0.2, 0) is 17.7 Å². The van der Waals surface area contributed by atoms with Gasteiger partial charge in [0.05, 0.1) is 24.1 Å². The molecule has 184 valence electrons. The van der Waals surface area contributed by atoms with Gasteiger partial charge >= 0.3 is 0 Å². The summed E-state index contributed by atoms with van der Waals surface area (Å²) in [6, 6.07) is 5.15. The van der Waals surface area contributed by atoms with Gasteiger partial charge in [-0.15, -0.1) is 21.6 Å². The van der Waals surface area contributed by atoms with Gasteiger partial charge in [-0.25, -0.2) is 4.21 Å². The number of hydrogen-bond acceptors (Lipinski definition) is 6. The maximum atomic E-state index is 12.4. The Labute approximate surface area is 211 Å². The highest BCUT2D eigenvalue weighted by molar-refractivity contribution is 9.10. The Morgan fingerprint density at radius 1 is 1.24 bits per heavy atom. The third kappa shape index (κ3) is 7.20. The largest absolute Gasteiger partial charge is 0.505 e. The topological polar surface area (TPSA) is 120 Å². The zero-order chi connectivity index (χ0) is 26.0. The van der Waals surface area contributed by atoms with E-state index in [1.165, 1.54) is 4.90 Å². The number of carbonyl (C=O) groups is 1. The van der Waals surface area contributed by atoms with Gasteiger partial charge in [0.25, 0.3) is 17.1 Å². The van der Waals surface area contributed by atoms with Crippen LogP contribution in [0.3, 0.4) is 0 Å². The maximum Gasteiger partial charge on any atom is 0.269 e. The van der Waals surface area contributed by atoms with Gasteiger partial charge in [-0.2, -0.15) is 0 Å². The molecule has 2 aromatic rings. The van der Waals surface area contributed by atoms with Crippen molar-refractivity contribution in [2.75, 3.05) is 19.4 Å². The summed E-state index contributed by atoms with van der Waals surface area (Å²) in [6.45, 7) is 8.46. The first-order chi connectivity index (χ1) is 16.2. The van der Waals surface area contributed by atoms with Crippen LogP contribution in [0.25, 0.3) is 0 Å². The second kappa shape index (κ2) is 13.6. The third-order valence-electron chi connectivity index (χ3n) is 4.33. The number of anilines is 1. The highest BCUT2D eigenvalue weighted by Gasteiger charge is 2.24. The van der Waals surface area contributed by atoms with Crippen LogP contribution in [0.2, 0.25) is 0 Å². The molecule has 0 fully saturated rings. The number of phenols is 1. The molecule has 0 spiro atoms. The Balaban J connectivity index is 0.00000137. The first kappa shape index (κ1) is 28.9. The van der Waals surface area contributed by atoms with Crippen LogP contribution in [0.15, 0.2) is 42.1 Å². The van der Waals surface area contributed by atoms with E-state index in [9.17, 15) is 14.1 Å². The number of benzene rings is 1. The summed E-state index contributed by atoms with van der Waals surface area (Å²) < 4.78 is 25.7. The lowest BCUT2D eigenvalue weighted by atomic mass is 10.1. The Morgan fingerprint density at radius 2 is 1.85 bits per heavy atom. The van der Waals surface area contributed by atoms with E-state index in [2.05, 4.69) is 62.1 Å². The van der Waals surface area contributed by atoms with Crippen LogP contribution >= 0.6 is 15.9 Å². The van der Waals surface area contributed by atoms with Gasteiger partial charge in [0.15, 0.2) is 17.4 Å². The molecule has 1 amide bonds. The first-order valence-electron chi connectivity index (χ1n) is 10.4. The van der Waals surface area contributed by atoms with Gasteiger partial charge in [0.1, 0.15) is 5.76 Å². The molecule has 34 heavy (non-hydrogen) atoms. The minimum atomic E-state index is -1.79. The molecule has 0 saturated carbocycles. The molecule has 9 nitrogen and oxygen atoms in total. The van der Waals surface area contributed by atoms with Crippen molar-refractivity contribution >= 4 is 50.4 Å². The highest BCUT2D eigenvalue weighted by Crippen LogP contribution is 2.34. The third-order valence-corrected chi connectivity index (χ3v) is 5.67. The molecule has 0 saturated heterocycles. The number of phenolic OH excluding ortho intramolecular Hbond substituents is 1. The molecule has 11 heteroatoms. The molecule has 0 bridgehead atoms. The van der Waals surface area contributed by atoms with E-state index in [4.69, 9.17) is 4.42 Å². The van der Waals surface area contributed by atoms with Gasteiger partial charge in [0, 0.05) is 18.6 Å². The average Bonchev–Trinajstić information content (AvgIpc) is 3.43. The molecule has 3 N–H and O–H groups in total. The van der Waals surface area contributed by atoms with Gasteiger partial charge in [-0.1, -0.05) is 27.7 Å². The Kier molecular flexibility index (Phi) is 11.5. The number of amidine groups is 2. The smallest absolute Gasteiger partial charge is 0.269 e. The molecule has 0 radical (unpaired) electrons. The van der Waals surface area contributed by atoms with Crippen molar-refractivity contribution in [3.63, 3.8) is 0 Å². The Bertz CT molecular complexity index is 1110. The van der Waals surface area contributed by atoms with Gasteiger partial charge in [0.2, 0.25) is 0 Å². The molecular weight excluding hydrogens is 522 g/mol. The number of halogens is 1. The van der Waals surface area contributed by atoms with E-state index in [-0.39, 0.29) is 34.6 Å². The van der Waals surface area contributed by atoms with E-state index in [0.717, 1.165) is 5.56 Å². The number of rotatable bonds is 5. The van der Waals surface area contributed by atoms with Crippen LogP contribution in [0.4, 0.5) is 5.69 Å². The van der Waals surface area contributed by atoms with Crippen molar-refractivity contribution in [1.82, 2.24) is 10.2 Å². The van der Waals surface area contributed by atoms with Crippen LogP contribution in [0, 0.1) is 12.8 Å². The molecule has 1 aliphatic heterocycles. The summed E-state index contributed by atoms with van der Waals surface area (Å²) in [5.74, 6) is 0.866. The van der Waals surface area contributed by atoms with Gasteiger partial charge in [-0.05, 0) is 45.6 Å². The monoisotopic (exact) mass is 551 g/mol. The van der Waals surface area contributed by atoms with Crippen molar-refractivity contribution in [2.24, 2.45) is 8.80 Å². The molecule has 1 atom stereocenters. The van der Waals surface area contributed by atoms with E-state index in [1.807, 2.05) is 19.9 Å². The number of aromatic hydroxyl groups is 1. The fourth-order valence-corrected chi connectivity index (χ4v) is 3.77. The number of hydrogen-bond donors (Lipinski definition) is 3. The molecule has 1 aliphatic rings. The second-order valence-corrected chi connectivity index (χ2v) is 8.79. The first-order valence-corrected chi connectivity index (χ1v) is 12.3. The minimum Gasteiger partial charge on any atom is -0.505 e. The summed E-state index contributed by atoms with van der Waals surface area (Å²) in [6.07, 6.45) is 9.70. The summed E-state index contributed by atoms with van der Waals surface area (Å²) in [5, 5.41) is 16.6. The number of nitrogens with one attached hydrogen (secondary N) is 2. The van der Waals surface area contributed by atoms with Crippen LogP contribution in [0.1, 0.15) is 55.3 Å². The number of carbonyl (C=O) groups excluding carboxylic acids is 1. The fraction of sp³-hybridized carbons (Fsp3) is 0.348. The van der Waals surface area contributed by atoms with Crippen molar-refractivity contribution in [3.8, 4) is 18.6 Å². The number of terminal acetylenes is 1. The standard InChI is InChI=1S/C19H22BrN5O4S.C2H6.C2H2/c1-10(2)11-7-12(29-9-11)8-21-17-18(24-30(28)23-17)22-14-6-5-13(20)15(16(14)26)19(27)25(3)4;2*1-2/h5-7,9-10,26H,8H2,1-4H3,(H,21,23)(H,22,24);1-2H3;1-2H. The predicted octanol–water partition coefficient (Wildman–Crippen LogP) is 4.44. The van der Waals surface area contributed by atoms with Gasteiger partial charge < -0.3 is 25.1 Å². The molecule has 1 aromatic carbocycles. The number of furan rings is 1. The second-order valence-electron chi connectivity index (χ2n) is 7.11. The predicted molar refractivity (Wildman–Crippen MR) is 141 cm³/mol. The zero-order valence-electron chi connectivity index (χ0n) is 20.0. The van der Waals surface area contributed by atoms with Crippen molar-refractivity contribution < 1.29 is 18.5 Å². The van der Waals surface area contributed by atoms with Crippen molar-refractivity contribution in [1.29, 1.82) is 0 Å². The summed E-state index contributed by atoms with van der Waals surface area (Å²) in [5.41, 5.74) is 1.41. The minimum absolute atomic E-state index is 0.105. The van der Waals surface area contributed by atoms with Crippen LogP contribution in [-0.4, -0.2) is 45.9 Å². The lowest BCUT2D eigenvalue weighted by Gasteiger charge is -2.16. The van der Waals surface area contributed by atoms with E-state index in [0.29, 0.717) is 22.7 Å². The summed E-state index contributed by atoms with van der Waals surface area (Å²) in [7, 11) is 3.18. The zero-order valence-corrected chi connectivity index (χ0v) is 22.5. The summed E-state index contributed by atoms with van der Waals surface area (Å²) >= 11 is 1.49. The van der Waals surface area contributed by atoms with Crippen molar-refractivity contribution in [3.05, 3.63) is 45.8 Å². The van der Waals surface area contributed by atoms with E-state index < -0.39 is 11.2 Å². The molecule has 2 heterocycles. The SMILES string of the molecule is C#C.CC.CC(C)c1coc(CNC2=NS(=O)N=C2Nc2ccc(Br)c(C(=O)N(C)C)c2O)c1. The molecule has 1 aromatic heterocycles. The normalized spacial score (nSPS) is 14.1. The average molecular weight is 552 g/mol. The van der Waals surface area contributed by atoms with Crippen LogP contribution in [0.5, 0.6) is 5.75 Å². The van der Waals surface area contributed by atoms with Crippen LogP contribution < -0.4 is 10.6 Å². The van der Waals surface area contributed by atoms with Crippen molar-refractivity contribution in [2.45, 2.75) is 40.2 Å². The van der Waals surface area contributed by atoms with Gasteiger partial charge in [-0.3, -0.25) is 4.79 Å². The van der Waals surface area contributed by atoms with E-state index >= 15 is 0 Å². The molecule has 3 rings (SSSR count). The quantitative estimate of drug-likeness (QED) is 0.373. The lowest BCUT2D eigenvalue weighted by molar-refractivity contribution is 0.0824. The summed E-state index contributed by atoms with van der Waals surface area (Å²) in [4.78, 5) is 13.7. The fourth-order valence-electron chi connectivity index (χ4n) is 2.65. The molecule has 1 unspecified atom stereocenters. The molecule has 0 aliphatic carbocycles. The number of amides is 1. The number of nitrogens with zero attached hydrogens (tertiary/aromatic N) is 3. The van der Waals surface area contributed by atoms with E-state index in [1.54, 1.807) is 32.5 Å².